The number of likely N-dealkylation sites (tertiary alicyclic amines) is 1. The van der Waals surface area contributed by atoms with Gasteiger partial charge in [-0.3, -0.25) is 9.80 Å². The fourth-order valence-corrected chi connectivity index (χ4v) is 4.97. The normalized spacial score (nSPS) is 36.8. The SMILES string of the molecule is CC(C)OC1CCC(CN2C3CCC2CN(C(C)(C)C)C3)CC1. The second-order valence-electron chi connectivity index (χ2n) is 9.49. The van der Waals surface area contributed by atoms with E-state index in [1.54, 1.807) is 0 Å². The third-order valence-electron chi connectivity index (χ3n) is 6.31. The Morgan fingerprint density at radius 1 is 0.913 bits per heavy atom. The first-order valence-corrected chi connectivity index (χ1v) is 9.99. The largest absolute Gasteiger partial charge is 0.376 e. The van der Waals surface area contributed by atoms with E-state index in [1.165, 1.54) is 58.2 Å². The quantitative estimate of drug-likeness (QED) is 0.780. The van der Waals surface area contributed by atoms with Crippen molar-refractivity contribution >= 4 is 0 Å². The predicted octanol–water partition coefficient (Wildman–Crippen LogP) is 3.92. The lowest BCUT2D eigenvalue weighted by Gasteiger charge is -2.48. The van der Waals surface area contributed by atoms with Crippen LogP contribution in [0.5, 0.6) is 0 Å². The molecule has 3 fully saturated rings. The van der Waals surface area contributed by atoms with Gasteiger partial charge in [-0.25, -0.2) is 0 Å². The number of hydrogen-bond acceptors (Lipinski definition) is 3. The Kier molecular flexibility index (Phi) is 5.40. The maximum absolute atomic E-state index is 6.02. The molecule has 2 bridgehead atoms. The Hall–Kier alpha value is -0.120. The van der Waals surface area contributed by atoms with E-state index in [-0.39, 0.29) is 0 Å². The van der Waals surface area contributed by atoms with Crippen molar-refractivity contribution in [2.45, 2.75) is 103 Å². The molecule has 0 aromatic heterocycles. The number of ether oxygens (including phenoxy) is 1. The summed E-state index contributed by atoms with van der Waals surface area (Å²) in [4.78, 5) is 5.61. The van der Waals surface area contributed by atoms with Gasteiger partial charge in [0.15, 0.2) is 0 Å². The molecular weight excluding hydrogens is 284 g/mol. The summed E-state index contributed by atoms with van der Waals surface area (Å²) in [5.74, 6) is 0.909. The highest BCUT2D eigenvalue weighted by molar-refractivity contribution is 4.99. The molecule has 0 amide bonds. The Balaban J connectivity index is 1.49. The van der Waals surface area contributed by atoms with E-state index in [1.807, 2.05) is 0 Å². The van der Waals surface area contributed by atoms with Crippen molar-refractivity contribution in [1.29, 1.82) is 0 Å². The zero-order chi connectivity index (χ0) is 16.6. The molecule has 0 N–H and O–H groups in total. The average molecular weight is 323 g/mol. The minimum Gasteiger partial charge on any atom is -0.376 e. The highest BCUT2D eigenvalue weighted by atomic mass is 16.5. The van der Waals surface area contributed by atoms with Gasteiger partial charge in [0.2, 0.25) is 0 Å². The summed E-state index contributed by atoms with van der Waals surface area (Å²) in [6, 6.07) is 1.63. The van der Waals surface area contributed by atoms with Crippen molar-refractivity contribution in [3.05, 3.63) is 0 Å². The fraction of sp³-hybridized carbons (Fsp3) is 1.00. The molecule has 1 saturated carbocycles. The lowest BCUT2D eigenvalue weighted by atomic mass is 9.86. The van der Waals surface area contributed by atoms with Gasteiger partial charge in [0, 0.05) is 37.3 Å². The second-order valence-corrected chi connectivity index (χ2v) is 9.49. The molecule has 2 aliphatic heterocycles. The highest BCUT2D eigenvalue weighted by Crippen LogP contribution is 2.36. The van der Waals surface area contributed by atoms with Crippen LogP contribution in [-0.4, -0.2) is 59.3 Å². The molecule has 3 heteroatoms. The van der Waals surface area contributed by atoms with Gasteiger partial charge >= 0.3 is 0 Å². The maximum atomic E-state index is 6.02. The second kappa shape index (κ2) is 7.01. The minimum atomic E-state index is 0.333. The maximum Gasteiger partial charge on any atom is 0.0578 e. The van der Waals surface area contributed by atoms with E-state index < -0.39 is 0 Å². The average Bonchev–Trinajstić information content (AvgIpc) is 2.69. The standard InChI is InChI=1S/C20H38N2O/c1-15(2)23-19-10-6-16(7-11-19)12-22-17-8-9-18(22)14-21(13-17)20(3,4)5/h15-19H,6-14H2,1-5H3. The first kappa shape index (κ1) is 17.7. The van der Waals surface area contributed by atoms with E-state index in [0.29, 0.717) is 17.7 Å². The van der Waals surface area contributed by atoms with Gasteiger partial charge in [0.1, 0.15) is 0 Å². The minimum absolute atomic E-state index is 0.333. The van der Waals surface area contributed by atoms with Crippen LogP contribution < -0.4 is 0 Å². The Labute approximate surface area is 143 Å². The molecule has 3 aliphatic rings. The van der Waals surface area contributed by atoms with Crippen LogP contribution in [0.4, 0.5) is 0 Å². The molecular formula is C20H38N2O. The van der Waals surface area contributed by atoms with Crippen molar-refractivity contribution < 1.29 is 4.74 Å². The highest BCUT2D eigenvalue weighted by Gasteiger charge is 2.43. The van der Waals surface area contributed by atoms with Crippen LogP contribution in [-0.2, 0) is 4.74 Å². The van der Waals surface area contributed by atoms with Crippen LogP contribution in [0.25, 0.3) is 0 Å². The summed E-state index contributed by atoms with van der Waals surface area (Å²) in [5, 5.41) is 0. The molecule has 2 saturated heterocycles. The van der Waals surface area contributed by atoms with Crippen molar-refractivity contribution in [3.8, 4) is 0 Å². The molecule has 0 aromatic rings. The number of piperazine rings is 1. The van der Waals surface area contributed by atoms with Crippen LogP contribution in [0.1, 0.15) is 73.1 Å². The monoisotopic (exact) mass is 322 g/mol. The third-order valence-corrected chi connectivity index (χ3v) is 6.31. The Morgan fingerprint density at radius 2 is 1.48 bits per heavy atom. The molecule has 0 radical (unpaired) electrons. The molecule has 3 rings (SSSR count). The van der Waals surface area contributed by atoms with E-state index >= 15 is 0 Å². The summed E-state index contributed by atoms with van der Waals surface area (Å²) in [6.07, 6.45) is 9.05. The van der Waals surface area contributed by atoms with Gasteiger partial charge in [-0.1, -0.05) is 0 Å². The molecule has 1 aliphatic carbocycles. The Bertz CT molecular complexity index is 368. The third kappa shape index (κ3) is 4.29. The fourth-order valence-electron chi connectivity index (χ4n) is 4.97. The molecule has 0 aromatic carbocycles. The lowest BCUT2D eigenvalue weighted by molar-refractivity contribution is -0.0308. The molecule has 0 spiro atoms. The molecule has 134 valence electrons. The first-order chi connectivity index (χ1) is 10.8. The van der Waals surface area contributed by atoms with E-state index in [4.69, 9.17) is 4.74 Å². The van der Waals surface area contributed by atoms with Crippen molar-refractivity contribution in [2.24, 2.45) is 5.92 Å². The lowest BCUT2D eigenvalue weighted by Crippen LogP contribution is -2.59. The zero-order valence-electron chi connectivity index (χ0n) is 16.1. The smallest absolute Gasteiger partial charge is 0.0578 e. The first-order valence-electron chi connectivity index (χ1n) is 9.99. The van der Waals surface area contributed by atoms with Crippen LogP contribution in [0.15, 0.2) is 0 Å². The molecule has 2 unspecified atom stereocenters. The summed E-state index contributed by atoms with van der Waals surface area (Å²) >= 11 is 0. The van der Waals surface area contributed by atoms with E-state index in [9.17, 15) is 0 Å². The van der Waals surface area contributed by atoms with E-state index in [2.05, 4.69) is 44.4 Å². The molecule has 23 heavy (non-hydrogen) atoms. The summed E-state index contributed by atoms with van der Waals surface area (Å²) < 4.78 is 6.02. The predicted molar refractivity (Wildman–Crippen MR) is 96.8 cm³/mol. The van der Waals surface area contributed by atoms with Gasteiger partial charge in [-0.05, 0) is 79.1 Å². The van der Waals surface area contributed by atoms with Crippen molar-refractivity contribution in [3.63, 3.8) is 0 Å². The van der Waals surface area contributed by atoms with Gasteiger partial charge in [0.25, 0.3) is 0 Å². The summed E-state index contributed by atoms with van der Waals surface area (Å²) in [5.41, 5.74) is 0.333. The number of fused-ring (bicyclic) bond motifs is 2. The number of nitrogens with zero attached hydrogens (tertiary/aromatic N) is 2. The van der Waals surface area contributed by atoms with Crippen molar-refractivity contribution in [2.75, 3.05) is 19.6 Å². The molecule has 3 nitrogen and oxygen atoms in total. The van der Waals surface area contributed by atoms with Crippen LogP contribution in [0, 0.1) is 5.92 Å². The summed E-state index contributed by atoms with van der Waals surface area (Å²) in [7, 11) is 0. The Morgan fingerprint density at radius 3 is 1.96 bits per heavy atom. The molecule has 2 atom stereocenters. The number of hydrogen-bond donors (Lipinski definition) is 0. The topological polar surface area (TPSA) is 15.7 Å². The van der Waals surface area contributed by atoms with Gasteiger partial charge in [-0.2, -0.15) is 0 Å². The number of rotatable bonds is 4. The van der Waals surface area contributed by atoms with Gasteiger partial charge in [0.05, 0.1) is 12.2 Å². The van der Waals surface area contributed by atoms with Crippen molar-refractivity contribution in [1.82, 2.24) is 9.80 Å². The molecule has 2 heterocycles. The summed E-state index contributed by atoms with van der Waals surface area (Å²) in [6.45, 7) is 15.4. The van der Waals surface area contributed by atoms with E-state index in [0.717, 1.165) is 18.0 Å². The van der Waals surface area contributed by atoms with Gasteiger partial charge in [-0.15, -0.1) is 0 Å². The zero-order valence-corrected chi connectivity index (χ0v) is 16.1. The van der Waals surface area contributed by atoms with Crippen LogP contribution >= 0.6 is 0 Å². The van der Waals surface area contributed by atoms with Crippen LogP contribution in [0.2, 0.25) is 0 Å². The van der Waals surface area contributed by atoms with Gasteiger partial charge < -0.3 is 4.74 Å². The van der Waals surface area contributed by atoms with Crippen LogP contribution in [0.3, 0.4) is 0 Å².